The van der Waals surface area contributed by atoms with Gasteiger partial charge in [-0.05, 0) is 30.5 Å². The molecule has 1 fully saturated rings. The molecule has 1 aromatic rings. The lowest BCUT2D eigenvalue weighted by Crippen LogP contribution is -2.46. The molecule has 5 nitrogen and oxygen atoms in total. The van der Waals surface area contributed by atoms with Gasteiger partial charge < -0.3 is 15.3 Å². The number of nitrogens with zero attached hydrogens (tertiary/aromatic N) is 1. The van der Waals surface area contributed by atoms with Crippen LogP contribution in [0.4, 0.5) is 0 Å². The standard InChI is InChI=1S/C17H23ClN2O3/c1-2-16(22)20-9-3-4-13(10-20)17(23)19-15(11-21)12-5-7-14(18)8-6-12/h5-8,13,15,21H,2-4,9-11H2,1H3,(H,19,23). The van der Waals surface area contributed by atoms with E-state index in [1.807, 2.05) is 6.92 Å². The Labute approximate surface area is 141 Å². The van der Waals surface area contributed by atoms with Crippen molar-refractivity contribution in [2.24, 2.45) is 5.92 Å². The van der Waals surface area contributed by atoms with Crippen molar-refractivity contribution in [2.45, 2.75) is 32.2 Å². The maximum Gasteiger partial charge on any atom is 0.225 e. The number of aliphatic hydroxyl groups is 1. The second-order valence-electron chi connectivity index (χ2n) is 5.83. The van der Waals surface area contributed by atoms with Gasteiger partial charge in [0.1, 0.15) is 0 Å². The molecule has 0 spiro atoms. The summed E-state index contributed by atoms with van der Waals surface area (Å²) < 4.78 is 0. The smallest absolute Gasteiger partial charge is 0.225 e. The molecule has 2 N–H and O–H groups in total. The fourth-order valence-electron chi connectivity index (χ4n) is 2.86. The van der Waals surface area contributed by atoms with Crippen LogP contribution in [0.5, 0.6) is 0 Å². The summed E-state index contributed by atoms with van der Waals surface area (Å²) >= 11 is 5.86. The quantitative estimate of drug-likeness (QED) is 0.864. The number of hydrogen-bond donors (Lipinski definition) is 2. The summed E-state index contributed by atoms with van der Waals surface area (Å²) in [6, 6.07) is 6.58. The van der Waals surface area contributed by atoms with E-state index in [0.29, 0.717) is 18.0 Å². The number of benzene rings is 1. The van der Waals surface area contributed by atoms with Crippen LogP contribution in [0.1, 0.15) is 37.8 Å². The van der Waals surface area contributed by atoms with Gasteiger partial charge in [0.25, 0.3) is 0 Å². The first-order valence-corrected chi connectivity index (χ1v) is 8.37. The van der Waals surface area contributed by atoms with Gasteiger partial charge in [-0.2, -0.15) is 0 Å². The van der Waals surface area contributed by atoms with E-state index >= 15 is 0 Å². The Morgan fingerprint density at radius 1 is 1.39 bits per heavy atom. The van der Waals surface area contributed by atoms with Crippen LogP contribution in [0.2, 0.25) is 5.02 Å². The molecule has 2 unspecified atom stereocenters. The van der Waals surface area contributed by atoms with Crippen LogP contribution in [-0.4, -0.2) is 41.5 Å². The molecular weight excluding hydrogens is 316 g/mol. The minimum absolute atomic E-state index is 0.0823. The molecule has 23 heavy (non-hydrogen) atoms. The summed E-state index contributed by atoms with van der Waals surface area (Å²) in [4.78, 5) is 26.0. The van der Waals surface area contributed by atoms with E-state index in [4.69, 9.17) is 11.6 Å². The Hall–Kier alpha value is -1.59. The van der Waals surface area contributed by atoms with Crippen LogP contribution in [-0.2, 0) is 9.59 Å². The SMILES string of the molecule is CCC(=O)N1CCCC(C(=O)NC(CO)c2ccc(Cl)cc2)C1. The van der Waals surface area contributed by atoms with Gasteiger partial charge in [0.05, 0.1) is 18.6 Å². The first-order valence-electron chi connectivity index (χ1n) is 7.99. The van der Waals surface area contributed by atoms with E-state index in [9.17, 15) is 14.7 Å². The molecule has 2 atom stereocenters. The van der Waals surface area contributed by atoms with Gasteiger partial charge in [0.15, 0.2) is 0 Å². The summed E-state index contributed by atoms with van der Waals surface area (Å²) in [5.41, 5.74) is 0.808. The highest BCUT2D eigenvalue weighted by atomic mass is 35.5. The van der Waals surface area contributed by atoms with Gasteiger partial charge >= 0.3 is 0 Å². The summed E-state index contributed by atoms with van der Waals surface area (Å²) in [6.07, 6.45) is 2.05. The highest BCUT2D eigenvalue weighted by Crippen LogP contribution is 2.20. The molecule has 0 aromatic heterocycles. The molecule has 1 saturated heterocycles. The zero-order valence-electron chi connectivity index (χ0n) is 13.3. The summed E-state index contributed by atoms with van der Waals surface area (Å²) in [5.74, 6) is -0.257. The van der Waals surface area contributed by atoms with Crippen LogP contribution in [0.15, 0.2) is 24.3 Å². The fraction of sp³-hybridized carbons (Fsp3) is 0.529. The molecule has 0 aliphatic carbocycles. The molecule has 1 aliphatic heterocycles. The number of aliphatic hydroxyl groups excluding tert-OH is 1. The lowest BCUT2D eigenvalue weighted by Gasteiger charge is -2.32. The highest BCUT2D eigenvalue weighted by Gasteiger charge is 2.29. The van der Waals surface area contributed by atoms with Crippen molar-refractivity contribution in [3.05, 3.63) is 34.9 Å². The van der Waals surface area contributed by atoms with Crippen molar-refractivity contribution >= 4 is 23.4 Å². The van der Waals surface area contributed by atoms with Crippen LogP contribution in [0, 0.1) is 5.92 Å². The molecule has 6 heteroatoms. The third-order valence-corrected chi connectivity index (χ3v) is 4.47. The zero-order valence-corrected chi connectivity index (χ0v) is 14.1. The minimum Gasteiger partial charge on any atom is -0.394 e. The first-order chi connectivity index (χ1) is 11.0. The van der Waals surface area contributed by atoms with Crippen molar-refractivity contribution in [3.63, 3.8) is 0 Å². The molecular formula is C17H23ClN2O3. The molecule has 2 amide bonds. The van der Waals surface area contributed by atoms with E-state index in [1.54, 1.807) is 29.2 Å². The number of hydrogen-bond acceptors (Lipinski definition) is 3. The van der Waals surface area contributed by atoms with E-state index < -0.39 is 6.04 Å². The Morgan fingerprint density at radius 2 is 2.09 bits per heavy atom. The van der Waals surface area contributed by atoms with Crippen LogP contribution in [0.25, 0.3) is 0 Å². The van der Waals surface area contributed by atoms with Gasteiger partial charge in [0.2, 0.25) is 11.8 Å². The van der Waals surface area contributed by atoms with E-state index in [2.05, 4.69) is 5.32 Å². The maximum atomic E-state index is 12.5. The number of carbonyl (C=O) groups is 2. The van der Waals surface area contributed by atoms with Gasteiger partial charge in [-0.25, -0.2) is 0 Å². The lowest BCUT2D eigenvalue weighted by atomic mass is 9.96. The van der Waals surface area contributed by atoms with E-state index in [0.717, 1.165) is 24.9 Å². The van der Waals surface area contributed by atoms with E-state index in [-0.39, 0.29) is 24.3 Å². The molecule has 126 valence electrons. The van der Waals surface area contributed by atoms with Gasteiger partial charge in [-0.1, -0.05) is 30.7 Å². The number of halogens is 1. The predicted molar refractivity (Wildman–Crippen MR) is 89.0 cm³/mol. The van der Waals surface area contributed by atoms with Crippen molar-refractivity contribution < 1.29 is 14.7 Å². The number of rotatable bonds is 5. The number of likely N-dealkylation sites (tertiary alicyclic amines) is 1. The Morgan fingerprint density at radius 3 is 2.70 bits per heavy atom. The minimum atomic E-state index is -0.461. The van der Waals surface area contributed by atoms with Crippen LogP contribution in [0.3, 0.4) is 0 Å². The Kier molecular flexibility index (Phi) is 6.42. The topological polar surface area (TPSA) is 69.6 Å². The molecule has 0 radical (unpaired) electrons. The third-order valence-electron chi connectivity index (χ3n) is 4.22. The Bertz CT molecular complexity index is 547. The zero-order chi connectivity index (χ0) is 16.8. The van der Waals surface area contributed by atoms with Crippen molar-refractivity contribution in [1.82, 2.24) is 10.2 Å². The average molecular weight is 339 g/mol. The molecule has 1 aromatic carbocycles. The molecule has 1 aliphatic rings. The van der Waals surface area contributed by atoms with Gasteiger partial charge in [0, 0.05) is 24.5 Å². The monoisotopic (exact) mass is 338 g/mol. The number of nitrogens with one attached hydrogen (secondary N) is 1. The van der Waals surface area contributed by atoms with Gasteiger partial charge in [-0.3, -0.25) is 9.59 Å². The molecule has 2 rings (SSSR count). The van der Waals surface area contributed by atoms with Crippen LogP contribution >= 0.6 is 11.6 Å². The highest BCUT2D eigenvalue weighted by molar-refractivity contribution is 6.30. The van der Waals surface area contributed by atoms with Crippen molar-refractivity contribution in [1.29, 1.82) is 0 Å². The summed E-state index contributed by atoms with van der Waals surface area (Å²) in [6.45, 7) is 2.82. The fourth-order valence-corrected chi connectivity index (χ4v) is 2.99. The number of amides is 2. The lowest BCUT2D eigenvalue weighted by molar-refractivity contribution is -0.135. The Balaban J connectivity index is 1.99. The molecule has 0 saturated carbocycles. The first kappa shape index (κ1) is 17.8. The average Bonchev–Trinajstić information content (AvgIpc) is 2.59. The normalized spacial score (nSPS) is 19.3. The van der Waals surface area contributed by atoms with Gasteiger partial charge in [-0.15, -0.1) is 0 Å². The second-order valence-corrected chi connectivity index (χ2v) is 6.26. The van der Waals surface area contributed by atoms with Crippen molar-refractivity contribution in [3.8, 4) is 0 Å². The largest absolute Gasteiger partial charge is 0.394 e. The van der Waals surface area contributed by atoms with Crippen molar-refractivity contribution in [2.75, 3.05) is 19.7 Å². The van der Waals surface area contributed by atoms with Crippen LogP contribution < -0.4 is 5.32 Å². The summed E-state index contributed by atoms with van der Waals surface area (Å²) in [7, 11) is 0. The predicted octanol–water partition coefficient (Wildman–Crippen LogP) is 2.14. The number of piperidine rings is 1. The summed E-state index contributed by atoms with van der Waals surface area (Å²) in [5, 5.41) is 13.1. The second kappa shape index (κ2) is 8.31. The van der Waals surface area contributed by atoms with E-state index in [1.165, 1.54) is 0 Å². The molecule has 0 bridgehead atoms. The number of carbonyl (C=O) groups excluding carboxylic acids is 2. The maximum absolute atomic E-state index is 12.5. The molecule has 1 heterocycles. The third kappa shape index (κ3) is 4.69.